The lowest BCUT2D eigenvalue weighted by atomic mass is 10.1. The molecule has 116 valence electrons. The van der Waals surface area contributed by atoms with Crippen LogP contribution in [0.1, 0.15) is 17.2 Å². The summed E-state index contributed by atoms with van der Waals surface area (Å²) in [5.74, 6) is -0.898. The van der Waals surface area contributed by atoms with Gasteiger partial charge in [-0.1, -0.05) is 29.8 Å². The molecule has 3 rings (SSSR count). The van der Waals surface area contributed by atoms with Crippen LogP contribution >= 0.6 is 11.6 Å². The van der Waals surface area contributed by atoms with Crippen molar-refractivity contribution in [2.24, 2.45) is 0 Å². The average molecular weight is 322 g/mol. The first-order valence-corrected chi connectivity index (χ1v) is 7.56. The molecule has 22 heavy (non-hydrogen) atoms. The Morgan fingerprint density at radius 2 is 2.00 bits per heavy atom. The van der Waals surface area contributed by atoms with E-state index in [1.165, 1.54) is 12.1 Å². The van der Waals surface area contributed by atoms with E-state index in [-0.39, 0.29) is 11.9 Å². The van der Waals surface area contributed by atoms with Gasteiger partial charge in [0, 0.05) is 24.7 Å². The van der Waals surface area contributed by atoms with Gasteiger partial charge in [-0.05, 0) is 35.4 Å². The van der Waals surface area contributed by atoms with Gasteiger partial charge in [-0.15, -0.1) is 0 Å². The molecule has 0 bridgehead atoms. The molecule has 1 atom stereocenters. The van der Waals surface area contributed by atoms with Crippen LogP contribution in [0.4, 0.5) is 4.39 Å². The maximum absolute atomic E-state index is 13.4. The zero-order valence-electron chi connectivity index (χ0n) is 12.0. The van der Waals surface area contributed by atoms with Crippen LogP contribution < -0.4 is 0 Å². The zero-order chi connectivity index (χ0) is 15.5. The van der Waals surface area contributed by atoms with Crippen molar-refractivity contribution in [2.45, 2.75) is 12.6 Å². The van der Waals surface area contributed by atoms with E-state index in [1.54, 1.807) is 6.07 Å². The van der Waals surface area contributed by atoms with Gasteiger partial charge in [0.15, 0.2) is 11.6 Å². The summed E-state index contributed by atoms with van der Waals surface area (Å²) in [6, 6.07) is 12.2. The van der Waals surface area contributed by atoms with E-state index in [1.807, 2.05) is 24.3 Å². The summed E-state index contributed by atoms with van der Waals surface area (Å²) >= 11 is 5.91. The first kappa shape index (κ1) is 15.3. The fourth-order valence-electron chi connectivity index (χ4n) is 2.63. The average Bonchev–Trinajstić information content (AvgIpc) is 2.52. The molecule has 1 aliphatic rings. The van der Waals surface area contributed by atoms with Crippen LogP contribution in [-0.2, 0) is 11.3 Å². The summed E-state index contributed by atoms with van der Waals surface area (Å²) in [6.45, 7) is 2.80. The second-order valence-electron chi connectivity index (χ2n) is 5.43. The van der Waals surface area contributed by atoms with E-state index in [2.05, 4.69) is 4.90 Å². The summed E-state index contributed by atoms with van der Waals surface area (Å²) in [5, 5.41) is 9.95. The van der Waals surface area contributed by atoms with Gasteiger partial charge >= 0.3 is 0 Å². The minimum absolute atomic E-state index is 0.00650. The molecule has 0 unspecified atom stereocenters. The molecule has 0 radical (unpaired) electrons. The summed E-state index contributed by atoms with van der Waals surface area (Å²) in [6.07, 6.45) is -0.00650. The number of halogens is 2. The number of aromatic hydroxyl groups is 1. The first-order chi connectivity index (χ1) is 10.6. The topological polar surface area (TPSA) is 32.7 Å². The molecule has 1 fully saturated rings. The second kappa shape index (κ2) is 6.65. The Bertz CT molecular complexity index is 648. The molecule has 2 aromatic rings. The SMILES string of the molecule is Oc1ccc(CN2CCO[C@@H](c3ccc(Cl)cc3)C2)cc1F. The number of benzene rings is 2. The lowest BCUT2D eigenvalue weighted by molar-refractivity contribution is -0.0329. The number of rotatable bonds is 3. The summed E-state index contributed by atoms with van der Waals surface area (Å²) < 4.78 is 19.2. The highest BCUT2D eigenvalue weighted by Crippen LogP contribution is 2.25. The largest absolute Gasteiger partial charge is 0.505 e. The van der Waals surface area contributed by atoms with Crippen LogP contribution in [0.5, 0.6) is 5.75 Å². The molecule has 1 N–H and O–H groups in total. The van der Waals surface area contributed by atoms with Crippen molar-refractivity contribution in [3.05, 3.63) is 64.4 Å². The number of morpholine rings is 1. The maximum atomic E-state index is 13.4. The highest BCUT2D eigenvalue weighted by Gasteiger charge is 2.22. The van der Waals surface area contributed by atoms with Crippen molar-refractivity contribution < 1.29 is 14.2 Å². The van der Waals surface area contributed by atoms with Crippen LogP contribution in [0.25, 0.3) is 0 Å². The lowest BCUT2D eigenvalue weighted by Crippen LogP contribution is -2.37. The third-order valence-electron chi connectivity index (χ3n) is 3.81. The van der Waals surface area contributed by atoms with Gasteiger partial charge in [0.2, 0.25) is 0 Å². The van der Waals surface area contributed by atoms with Gasteiger partial charge < -0.3 is 9.84 Å². The number of phenolic OH excluding ortho intramolecular Hbond substituents is 1. The minimum atomic E-state index is -0.583. The molecule has 1 saturated heterocycles. The van der Waals surface area contributed by atoms with E-state index in [9.17, 15) is 9.50 Å². The smallest absolute Gasteiger partial charge is 0.165 e. The Morgan fingerprint density at radius 1 is 1.23 bits per heavy atom. The van der Waals surface area contributed by atoms with E-state index in [0.29, 0.717) is 18.2 Å². The standard InChI is InChI=1S/C17H17ClFNO2/c18-14-4-2-13(3-5-14)17-11-20(7-8-22-17)10-12-1-6-16(21)15(19)9-12/h1-6,9,17,21H,7-8,10-11H2/t17-/m1/s1. The van der Waals surface area contributed by atoms with Crippen molar-refractivity contribution in [1.29, 1.82) is 0 Å². The Morgan fingerprint density at radius 3 is 2.73 bits per heavy atom. The lowest BCUT2D eigenvalue weighted by Gasteiger charge is -2.33. The molecule has 0 aliphatic carbocycles. The Hall–Kier alpha value is -1.62. The van der Waals surface area contributed by atoms with Gasteiger partial charge in [0.05, 0.1) is 12.7 Å². The predicted molar refractivity (Wildman–Crippen MR) is 83.5 cm³/mol. The molecule has 0 aromatic heterocycles. The molecule has 1 heterocycles. The number of hydrogen-bond acceptors (Lipinski definition) is 3. The quantitative estimate of drug-likeness (QED) is 0.934. The van der Waals surface area contributed by atoms with Crippen LogP contribution in [0.2, 0.25) is 5.02 Å². The predicted octanol–water partition coefficient (Wildman–Crippen LogP) is 3.76. The fourth-order valence-corrected chi connectivity index (χ4v) is 2.76. The van der Waals surface area contributed by atoms with Crippen molar-refractivity contribution in [1.82, 2.24) is 4.90 Å². The summed E-state index contributed by atoms with van der Waals surface area (Å²) in [4.78, 5) is 2.22. The number of ether oxygens (including phenoxy) is 1. The Kier molecular flexibility index (Phi) is 4.62. The van der Waals surface area contributed by atoms with Crippen LogP contribution in [0, 0.1) is 5.82 Å². The third-order valence-corrected chi connectivity index (χ3v) is 4.06. The van der Waals surface area contributed by atoms with Crippen LogP contribution in [0.15, 0.2) is 42.5 Å². The third kappa shape index (κ3) is 3.58. The van der Waals surface area contributed by atoms with Crippen molar-refractivity contribution in [3.63, 3.8) is 0 Å². The van der Waals surface area contributed by atoms with Crippen molar-refractivity contribution in [3.8, 4) is 5.75 Å². The van der Waals surface area contributed by atoms with Gasteiger partial charge in [0.25, 0.3) is 0 Å². The molecule has 1 aliphatic heterocycles. The van der Waals surface area contributed by atoms with Crippen molar-refractivity contribution in [2.75, 3.05) is 19.7 Å². The Labute approximate surface area is 133 Å². The normalized spacial score (nSPS) is 19.3. The van der Waals surface area contributed by atoms with Gasteiger partial charge in [-0.25, -0.2) is 4.39 Å². The molecule has 0 saturated carbocycles. The molecular weight excluding hydrogens is 305 g/mol. The monoisotopic (exact) mass is 321 g/mol. The van der Waals surface area contributed by atoms with E-state index in [4.69, 9.17) is 16.3 Å². The first-order valence-electron chi connectivity index (χ1n) is 7.18. The fraction of sp³-hybridized carbons (Fsp3) is 0.294. The molecule has 0 spiro atoms. The molecular formula is C17H17ClFNO2. The zero-order valence-corrected chi connectivity index (χ0v) is 12.8. The van der Waals surface area contributed by atoms with Crippen molar-refractivity contribution >= 4 is 11.6 Å². The number of hydrogen-bond donors (Lipinski definition) is 1. The Balaban J connectivity index is 1.67. The van der Waals surface area contributed by atoms with E-state index >= 15 is 0 Å². The van der Waals surface area contributed by atoms with Crippen LogP contribution in [-0.4, -0.2) is 29.7 Å². The second-order valence-corrected chi connectivity index (χ2v) is 5.87. The number of phenols is 1. The van der Waals surface area contributed by atoms with Crippen LogP contribution in [0.3, 0.4) is 0 Å². The minimum Gasteiger partial charge on any atom is -0.505 e. The highest BCUT2D eigenvalue weighted by molar-refractivity contribution is 6.30. The summed E-state index contributed by atoms with van der Waals surface area (Å²) in [5.41, 5.74) is 1.93. The van der Waals surface area contributed by atoms with Gasteiger partial charge in [-0.3, -0.25) is 4.90 Å². The van der Waals surface area contributed by atoms with Gasteiger partial charge in [-0.2, -0.15) is 0 Å². The molecule has 0 amide bonds. The highest BCUT2D eigenvalue weighted by atomic mass is 35.5. The number of nitrogens with zero attached hydrogens (tertiary/aromatic N) is 1. The van der Waals surface area contributed by atoms with E-state index in [0.717, 1.165) is 24.2 Å². The van der Waals surface area contributed by atoms with E-state index < -0.39 is 5.82 Å². The maximum Gasteiger partial charge on any atom is 0.165 e. The molecule has 5 heteroatoms. The van der Waals surface area contributed by atoms with Gasteiger partial charge in [0.1, 0.15) is 0 Å². The summed E-state index contributed by atoms with van der Waals surface area (Å²) in [7, 11) is 0. The molecule has 3 nitrogen and oxygen atoms in total. The molecule has 2 aromatic carbocycles.